The van der Waals surface area contributed by atoms with E-state index < -0.39 is 0 Å². The summed E-state index contributed by atoms with van der Waals surface area (Å²) in [6.07, 6.45) is 23.9. The molecule has 0 amide bonds. The second-order valence-corrected chi connectivity index (χ2v) is 9.49. The van der Waals surface area contributed by atoms with E-state index in [-0.39, 0.29) is 11.2 Å². The molecule has 0 radical (unpaired) electrons. The van der Waals surface area contributed by atoms with Crippen molar-refractivity contribution in [2.24, 2.45) is 0 Å². The molecule has 27 heavy (non-hydrogen) atoms. The third-order valence-corrected chi connectivity index (χ3v) is 6.75. The summed E-state index contributed by atoms with van der Waals surface area (Å²) >= 11 is 0. The highest BCUT2D eigenvalue weighted by Gasteiger charge is 2.44. The SMILES string of the molecule is CCCCCCCCCCCCCCCCCCC1(C)OCCOC1(C)C. The minimum absolute atomic E-state index is 0.110. The largest absolute Gasteiger partial charge is 0.370 e. The fourth-order valence-corrected chi connectivity index (χ4v) is 4.27. The molecule has 0 aromatic heterocycles. The molecule has 0 spiro atoms. The minimum atomic E-state index is -0.152. The van der Waals surface area contributed by atoms with Crippen LogP contribution in [0.15, 0.2) is 0 Å². The van der Waals surface area contributed by atoms with E-state index >= 15 is 0 Å². The Morgan fingerprint density at radius 1 is 0.519 bits per heavy atom. The summed E-state index contributed by atoms with van der Waals surface area (Å²) in [5.41, 5.74) is -0.262. The highest BCUT2D eigenvalue weighted by molar-refractivity contribution is 4.95. The Kier molecular flexibility index (Phi) is 13.7. The number of ether oxygens (including phenoxy) is 2. The van der Waals surface area contributed by atoms with Crippen LogP contribution in [0, 0.1) is 0 Å². The average molecular weight is 383 g/mol. The van der Waals surface area contributed by atoms with Crippen LogP contribution < -0.4 is 0 Å². The zero-order chi connectivity index (χ0) is 19.8. The molecule has 1 heterocycles. The zero-order valence-electron chi connectivity index (χ0n) is 19.3. The van der Waals surface area contributed by atoms with Gasteiger partial charge in [-0.3, -0.25) is 0 Å². The van der Waals surface area contributed by atoms with Crippen molar-refractivity contribution in [3.8, 4) is 0 Å². The van der Waals surface area contributed by atoms with Gasteiger partial charge in [-0.1, -0.05) is 110 Å². The number of hydrogen-bond donors (Lipinski definition) is 0. The Labute approximate surface area is 171 Å². The first-order valence-corrected chi connectivity index (χ1v) is 12.3. The highest BCUT2D eigenvalue weighted by atomic mass is 16.6. The Bertz CT molecular complexity index is 339. The van der Waals surface area contributed by atoms with Crippen molar-refractivity contribution in [2.75, 3.05) is 13.2 Å². The first-order chi connectivity index (χ1) is 13.0. The molecular formula is C25H50O2. The van der Waals surface area contributed by atoms with Crippen molar-refractivity contribution in [2.45, 2.75) is 148 Å². The van der Waals surface area contributed by atoms with Gasteiger partial charge in [-0.15, -0.1) is 0 Å². The van der Waals surface area contributed by atoms with Gasteiger partial charge < -0.3 is 9.47 Å². The van der Waals surface area contributed by atoms with Gasteiger partial charge >= 0.3 is 0 Å². The van der Waals surface area contributed by atoms with E-state index in [1.54, 1.807) is 0 Å². The molecule has 1 rings (SSSR count). The van der Waals surface area contributed by atoms with Crippen LogP contribution in [0.25, 0.3) is 0 Å². The van der Waals surface area contributed by atoms with Gasteiger partial charge in [0.2, 0.25) is 0 Å². The van der Waals surface area contributed by atoms with E-state index in [4.69, 9.17) is 9.47 Å². The maximum absolute atomic E-state index is 6.08. The van der Waals surface area contributed by atoms with Crippen LogP contribution >= 0.6 is 0 Å². The Morgan fingerprint density at radius 3 is 1.30 bits per heavy atom. The van der Waals surface area contributed by atoms with E-state index in [0.717, 1.165) is 19.6 Å². The van der Waals surface area contributed by atoms with Gasteiger partial charge in [0.05, 0.1) is 24.4 Å². The third kappa shape index (κ3) is 10.9. The predicted molar refractivity (Wildman–Crippen MR) is 119 cm³/mol. The quantitative estimate of drug-likeness (QED) is 0.236. The van der Waals surface area contributed by atoms with Gasteiger partial charge in [0.1, 0.15) is 0 Å². The molecule has 162 valence electrons. The molecule has 0 aromatic carbocycles. The van der Waals surface area contributed by atoms with Crippen LogP contribution in [0.3, 0.4) is 0 Å². The molecular weight excluding hydrogens is 332 g/mol. The van der Waals surface area contributed by atoms with Crippen LogP contribution in [-0.2, 0) is 9.47 Å². The molecule has 0 N–H and O–H groups in total. The molecule has 1 aliphatic heterocycles. The number of unbranched alkanes of at least 4 members (excludes halogenated alkanes) is 15. The average Bonchev–Trinajstić information content (AvgIpc) is 2.64. The van der Waals surface area contributed by atoms with Crippen molar-refractivity contribution >= 4 is 0 Å². The Hall–Kier alpha value is -0.0800. The Balaban J connectivity index is 1.83. The second-order valence-electron chi connectivity index (χ2n) is 9.49. The lowest BCUT2D eigenvalue weighted by Crippen LogP contribution is -2.55. The maximum Gasteiger partial charge on any atom is 0.0938 e. The maximum atomic E-state index is 6.08. The molecule has 2 heteroatoms. The topological polar surface area (TPSA) is 18.5 Å². The van der Waals surface area contributed by atoms with E-state index in [2.05, 4.69) is 27.7 Å². The monoisotopic (exact) mass is 382 g/mol. The molecule has 1 saturated heterocycles. The molecule has 0 aromatic rings. The van der Waals surface area contributed by atoms with Gasteiger partial charge in [0.25, 0.3) is 0 Å². The molecule has 2 nitrogen and oxygen atoms in total. The van der Waals surface area contributed by atoms with Crippen molar-refractivity contribution in [3.05, 3.63) is 0 Å². The molecule has 0 saturated carbocycles. The van der Waals surface area contributed by atoms with Crippen molar-refractivity contribution < 1.29 is 9.47 Å². The van der Waals surface area contributed by atoms with Crippen LogP contribution in [-0.4, -0.2) is 24.4 Å². The minimum Gasteiger partial charge on any atom is -0.370 e. The Morgan fingerprint density at radius 2 is 0.889 bits per heavy atom. The summed E-state index contributed by atoms with van der Waals surface area (Å²) in [6.45, 7) is 10.4. The number of rotatable bonds is 17. The van der Waals surface area contributed by atoms with Crippen LogP contribution in [0.2, 0.25) is 0 Å². The summed E-state index contributed by atoms with van der Waals surface area (Å²) in [6, 6.07) is 0. The third-order valence-electron chi connectivity index (χ3n) is 6.75. The van der Waals surface area contributed by atoms with Crippen LogP contribution in [0.4, 0.5) is 0 Å². The molecule has 0 bridgehead atoms. The lowest BCUT2D eigenvalue weighted by Gasteiger charge is -2.47. The normalized spacial score (nSPS) is 22.2. The lowest BCUT2D eigenvalue weighted by atomic mass is 9.82. The summed E-state index contributed by atoms with van der Waals surface area (Å²) in [4.78, 5) is 0. The molecule has 1 aliphatic rings. The zero-order valence-corrected chi connectivity index (χ0v) is 19.3. The van der Waals surface area contributed by atoms with Crippen LogP contribution in [0.5, 0.6) is 0 Å². The molecule has 1 unspecified atom stereocenters. The van der Waals surface area contributed by atoms with Gasteiger partial charge in [0.15, 0.2) is 0 Å². The lowest BCUT2D eigenvalue weighted by molar-refractivity contribution is -0.241. The standard InChI is InChI=1S/C25H50O2/c1-5-6-7-8-9-10-11-12-13-14-15-16-17-18-19-20-21-25(4)24(2,3)26-22-23-27-25/h5-23H2,1-4H3. The van der Waals surface area contributed by atoms with Crippen molar-refractivity contribution in [1.82, 2.24) is 0 Å². The van der Waals surface area contributed by atoms with Crippen molar-refractivity contribution in [1.29, 1.82) is 0 Å². The summed E-state index contributed by atoms with van der Waals surface area (Å²) < 4.78 is 12.0. The van der Waals surface area contributed by atoms with E-state index in [1.807, 2.05) is 0 Å². The van der Waals surface area contributed by atoms with E-state index in [9.17, 15) is 0 Å². The van der Waals surface area contributed by atoms with Gasteiger partial charge in [0, 0.05) is 0 Å². The molecule has 1 atom stereocenters. The highest BCUT2D eigenvalue weighted by Crippen LogP contribution is 2.36. The van der Waals surface area contributed by atoms with Crippen LogP contribution in [0.1, 0.15) is 137 Å². The molecule has 0 aliphatic carbocycles. The van der Waals surface area contributed by atoms with Crippen molar-refractivity contribution in [3.63, 3.8) is 0 Å². The van der Waals surface area contributed by atoms with Gasteiger partial charge in [-0.25, -0.2) is 0 Å². The predicted octanol–water partition coefficient (Wildman–Crippen LogP) is 8.22. The summed E-state index contributed by atoms with van der Waals surface area (Å²) in [5, 5.41) is 0. The summed E-state index contributed by atoms with van der Waals surface area (Å²) in [5.74, 6) is 0. The van der Waals surface area contributed by atoms with Gasteiger partial charge in [-0.2, -0.15) is 0 Å². The fraction of sp³-hybridized carbons (Fsp3) is 1.00. The first-order valence-electron chi connectivity index (χ1n) is 12.3. The fourth-order valence-electron chi connectivity index (χ4n) is 4.27. The van der Waals surface area contributed by atoms with E-state index in [0.29, 0.717) is 0 Å². The second kappa shape index (κ2) is 14.9. The molecule has 1 fully saturated rings. The number of hydrogen-bond acceptors (Lipinski definition) is 2. The van der Waals surface area contributed by atoms with E-state index in [1.165, 1.54) is 103 Å². The smallest absolute Gasteiger partial charge is 0.0938 e. The first kappa shape index (κ1) is 25.0. The van der Waals surface area contributed by atoms with Gasteiger partial charge in [-0.05, 0) is 27.2 Å². The summed E-state index contributed by atoms with van der Waals surface area (Å²) in [7, 11) is 0.